The molecule has 35 heavy (non-hydrogen) atoms. The first-order valence-corrected chi connectivity index (χ1v) is 11.2. The van der Waals surface area contributed by atoms with Crippen LogP contribution in [0.25, 0.3) is 0 Å². The number of hydrogen-bond acceptors (Lipinski definition) is 6. The third-order valence-electron chi connectivity index (χ3n) is 4.75. The number of nitro benzene ring substituents is 1. The molecule has 0 saturated carbocycles. The minimum absolute atomic E-state index is 0.0715. The molecule has 3 aromatic carbocycles. The van der Waals surface area contributed by atoms with E-state index in [9.17, 15) is 24.5 Å². The van der Waals surface area contributed by atoms with Crippen LogP contribution in [0.3, 0.4) is 0 Å². The van der Waals surface area contributed by atoms with Gasteiger partial charge in [-0.2, -0.15) is 0 Å². The van der Waals surface area contributed by atoms with E-state index in [1.165, 1.54) is 43.0 Å². The number of carbonyl (C=O) groups excluding carboxylic acids is 2. The molecule has 3 rings (SSSR count). The van der Waals surface area contributed by atoms with Gasteiger partial charge in [0.2, 0.25) is 11.8 Å². The second kappa shape index (κ2) is 11.6. The third kappa shape index (κ3) is 7.27. The van der Waals surface area contributed by atoms with Crippen LogP contribution in [-0.2, 0) is 14.4 Å². The number of carbonyl (C=O) groups is 3. The molecule has 178 valence electrons. The van der Waals surface area contributed by atoms with Crippen LogP contribution in [0.5, 0.6) is 0 Å². The first-order valence-electron chi connectivity index (χ1n) is 10.3. The van der Waals surface area contributed by atoms with Crippen LogP contribution in [0.4, 0.5) is 17.1 Å². The monoisotopic (exact) mass is 491 g/mol. The molecule has 9 nitrogen and oxygen atoms in total. The number of nitro groups is 1. The smallest absolute Gasteiger partial charge is 0.331 e. The fourth-order valence-electron chi connectivity index (χ4n) is 2.96. The van der Waals surface area contributed by atoms with E-state index in [1.807, 2.05) is 30.3 Å². The summed E-state index contributed by atoms with van der Waals surface area (Å²) in [5.41, 5.74) is 1.52. The highest BCUT2D eigenvalue weighted by Crippen LogP contribution is 2.36. The molecule has 3 aromatic rings. The molecule has 0 radical (unpaired) electrons. The summed E-state index contributed by atoms with van der Waals surface area (Å²) >= 11 is 1.30. The lowest BCUT2D eigenvalue weighted by Crippen LogP contribution is -2.19. The summed E-state index contributed by atoms with van der Waals surface area (Å²) in [6, 6.07) is 21.5. The van der Waals surface area contributed by atoms with Gasteiger partial charge in [-0.25, -0.2) is 4.79 Å². The van der Waals surface area contributed by atoms with Crippen molar-refractivity contribution in [3.63, 3.8) is 0 Å². The molecular weight excluding hydrogens is 470 g/mol. The number of rotatable bonds is 9. The van der Waals surface area contributed by atoms with E-state index >= 15 is 0 Å². The van der Waals surface area contributed by atoms with Crippen LogP contribution >= 0.6 is 11.8 Å². The summed E-state index contributed by atoms with van der Waals surface area (Å²) in [5.74, 6) is -2.04. The van der Waals surface area contributed by atoms with E-state index in [0.29, 0.717) is 11.4 Å². The predicted molar refractivity (Wildman–Crippen MR) is 133 cm³/mol. The summed E-state index contributed by atoms with van der Waals surface area (Å²) in [6.45, 7) is 1.33. The van der Waals surface area contributed by atoms with Crippen molar-refractivity contribution in [3.05, 3.63) is 106 Å². The Hall–Kier alpha value is -4.44. The Morgan fingerprint density at radius 1 is 0.914 bits per heavy atom. The van der Waals surface area contributed by atoms with E-state index in [0.717, 1.165) is 16.5 Å². The minimum atomic E-state index is -1.18. The van der Waals surface area contributed by atoms with Gasteiger partial charge in [-0.1, -0.05) is 30.3 Å². The van der Waals surface area contributed by atoms with Gasteiger partial charge >= 0.3 is 5.97 Å². The molecule has 1 unspecified atom stereocenters. The zero-order valence-electron chi connectivity index (χ0n) is 18.5. The first-order chi connectivity index (χ1) is 16.7. The van der Waals surface area contributed by atoms with Crippen LogP contribution in [-0.4, -0.2) is 27.8 Å². The summed E-state index contributed by atoms with van der Waals surface area (Å²) in [4.78, 5) is 47.0. The maximum absolute atomic E-state index is 13.1. The number of carboxylic acid groups (broad SMARTS) is 1. The van der Waals surface area contributed by atoms with Crippen molar-refractivity contribution in [2.45, 2.75) is 17.1 Å². The molecule has 0 aromatic heterocycles. The molecule has 0 saturated heterocycles. The molecule has 0 heterocycles. The van der Waals surface area contributed by atoms with Gasteiger partial charge in [0.25, 0.3) is 5.69 Å². The molecule has 3 N–H and O–H groups in total. The number of amides is 2. The fraction of sp³-hybridized carbons (Fsp3) is 0.0800. The van der Waals surface area contributed by atoms with Crippen molar-refractivity contribution in [1.82, 2.24) is 0 Å². The highest BCUT2D eigenvalue weighted by molar-refractivity contribution is 8.00. The zero-order chi connectivity index (χ0) is 25.4. The number of non-ortho nitro benzene ring substituents is 1. The lowest BCUT2D eigenvalue weighted by Gasteiger charge is -2.17. The van der Waals surface area contributed by atoms with Gasteiger partial charge in [-0.3, -0.25) is 19.7 Å². The van der Waals surface area contributed by atoms with Crippen molar-refractivity contribution < 1.29 is 24.4 Å². The molecule has 10 heteroatoms. The summed E-state index contributed by atoms with van der Waals surface area (Å²) < 4.78 is 0. The Bertz CT molecular complexity index is 1260. The molecule has 0 aliphatic rings. The molecule has 0 fully saturated rings. The maximum Gasteiger partial charge on any atom is 0.331 e. The van der Waals surface area contributed by atoms with E-state index in [2.05, 4.69) is 10.6 Å². The average molecular weight is 492 g/mol. The Balaban J connectivity index is 1.74. The van der Waals surface area contributed by atoms with Gasteiger partial charge in [0.1, 0.15) is 5.25 Å². The molecule has 0 aliphatic heterocycles. The molecule has 1 atom stereocenters. The first kappa shape index (κ1) is 25.2. The Morgan fingerprint density at radius 3 is 2.06 bits per heavy atom. The van der Waals surface area contributed by atoms with Gasteiger partial charge in [0.05, 0.1) is 4.92 Å². The number of aliphatic carboxylic acids is 1. The van der Waals surface area contributed by atoms with Gasteiger partial charge in [0.15, 0.2) is 0 Å². The van der Waals surface area contributed by atoms with Crippen molar-refractivity contribution in [2.75, 3.05) is 10.6 Å². The number of hydrogen-bond donors (Lipinski definition) is 3. The average Bonchev–Trinajstić information content (AvgIpc) is 2.84. The van der Waals surface area contributed by atoms with Gasteiger partial charge in [0, 0.05) is 40.1 Å². The summed E-state index contributed by atoms with van der Waals surface area (Å²) in [6.07, 6.45) is 0.999. The van der Waals surface area contributed by atoms with E-state index in [1.54, 1.807) is 24.3 Å². The highest BCUT2D eigenvalue weighted by Gasteiger charge is 2.22. The lowest BCUT2D eigenvalue weighted by molar-refractivity contribution is -0.384. The minimum Gasteiger partial charge on any atom is -0.478 e. The molecule has 2 amide bonds. The fourth-order valence-corrected chi connectivity index (χ4v) is 3.99. The van der Waals surface area contributed by atoms with Crippen LogP contribution in [0, 0.1) is 10.1 Å². The Labute approximate surface area is 205 Å². The quantitative estimate of drug-likeness (QED) is 0.165. The zero-order valence-corrected chi connectivity index (χ0v) is 19.3. The van der Waals surface area contributed by atoms with Crippen molar-refractivity contribution in [2.24, 2.45) is 0 Å². The van der Waals surface area contributed by atoms with Crippen molar-refractivity contribution in [3.8, 4) is 0 Å². The van der Waals surface area contributed by atoms with Crippen molar-refractivity contribution in [1.29, 1.82) is 0 Å². The normalized spacial score (nSPS) is 11.9. The predicted octanol–water partition coefficient (Wildman–Crippen LogP) is 5.04. The Kier molecular flexibility index (Phi) is 8.36. The van der Waals surface area contributed by atoms with Crippen LogP contribution in [0.15, 0.2) is 95.4 Å². The Morgan fingerprint density at radius 2 is 1.49 bits per heavy atom. The molecule has 0 aliphatic carbocycles. The maximum atomic E-state index is 13.1. The lowest BCUT2D eigenvalue weighted by atomic mass is 10.1. The van der Waals surface area contributed by atoms with Gasteiger partial charge in [-0.05, 0) is 48.9 Å². The number of carboxylic acids is 1. The van der Waals surface area contributed by atoms with E-state index in [4.69, 9.17) is 5.11 Å². The standard InChI is InChI=1S/C25H21N3O6S/c1-16(25(31)32)15-22(29)26-18-9-13-21(14-10-18)35-23(17-5-3-2-4-6-17)24(30)27-19-7-11-20(12-8-19)28(33)34/h2-15,23H,1H3,(H,26,29)(H,27,30)(H,31,32). The topological polar surface area (TPSA) is 139 Å². The third-order valence-corrected chi connectivity index (χ3v) is 6.01. The second-order valence-corrected chi connectivity index (χ2v) is 8.53. The number of benzene rings is 3. The summed E-state index contributed by atoms with van der Waals surface area (Å²) in [5, 5.41) is 24.5. The number of anilines is 2. The van der Waals surface area contributed by atoms with E-state index in [-0.39, 0.29) is 17.2 Å². The van der Waals surface area contributed by atoms with Crippen molar-refractivity contribution >= 4 is 46.6 Å². The second-order valence-electron chi connectivity index (χ2n) is 7.35. The van der Waals surface area contributed by atoms with E-state index < -0.39 is 22.0 Å². The number of thioether (sulfide) groups is 1. The molecule has 0 spiro atoms. The van der Waals surface area contributed by atoms with Crippen LogP contribution in [0.2, 0.25) is 0 Å². The highest BCUT2D eigenvalue weighted by atomic mass is 32.2. The summed E-state index contributed by atoms with van der Waals surface area (Å²) in [7, 11) is 0. The number of nitrogens with zero attached hydrogens (tertiary/aromatic N) is 1. The molecule has 0 bridgehead atoms. The largest absolute Gasteiger partial charge is 0.478 e. The van der Waals surface area contributed by atoms with Gasteiger partial charge < -0.3 is 15.7 Å². The SMILES string of the molecule is CC(=CC(=O)Nc1ccc(SC(C(=O)Nc2ccc([N+](=O)[O-])cc2)c2ccccc2)cc1)C(=O)O. The molecular formula is C25H21N3O6S. The number of nitrogens with one attached hydrogen (secondary N) is 2. The van der Waals surface area contributed by atoms with Gasteiger partial charge in [-0.15, -0.1) is 11.8 Å². The van der Waals surface area contributed by atoms with Crippen LogP contribution < -0.4 is 10.6 Å². The van der Waals surface area contributed by atoms with Crippen LogP contribution in [0.1, 0.15) is 17.7 Å².